The lowest BCUT2D eigenvalue weighted by Gasteiger charge is -2.23. The van der Waals surface area contributed by atoms with Crippen LogP contribution in [0.5, 0.6) is 0 Å². The van der Waals surface area contributed by atoms with Crippen LogP contribution in [0.3, 0.4) is 0 Å². The topological polar surface area (TPSA) is 88.5 Å². The number of aromatic nitrogens is 5. The molecule has 3 heterocycles. The highest BCUT2D eigenvalue weighted by atomic mass is 16.1. The minimum atomic E-state index is -0.111. The van der Waals surface area contributed by atoms with E-state index in [0.717, 1.165) is 47.5 Å². The van der Waals surface area contributed by atoms with Crippen LogP contribution in [0.4, 0.5) is 0 Å². The number of aryl methyl sites for hydroxylation is 2. The summed E-state index contributed by atoms with van der Waals surface area (Å²) in [6, 6.07) is 3.80. The number of benzene rings is 1. The van der Waals surface area contributed by atoms with E-state index < -0.39 is 0 Å². The maximum Gasteiger partial charge on any atom is 0.254 e. The fourth-order valence-electron chi connectivity index (χ4n) is 3.37. The van der Waals surface area contributed by atoms with Crippen molar-refractivity contribution in [2.45, 2.75) is 52.1 Å². The first-order chi connectivity index (χ1) is 12.0. The van der Waals surface area contributed by atoms with Gasteiger partial charge in [-0.05, 0) is 37.5 Å². The lowest BCUT2D eigenvalue weighted by molar-refractivity contribution is 0.0928. The fraction of sp³-hybridized carbons (Fsp3) is 0.444. The Hall–Kier alpha value is -2.70. The van der Waals surface area contributed by atoms with Gasteiger partial charge in [-0.1, -0.05) is 13.8 Å². The summed E-state index contributed by atoms with van der Waals surface area (Å²) in [6.45, 7) is 7.00. The highest BCUT2D eigenvalue weighted by Crippen LogP contribution is 2.26. The second kappa shape index (κ2) is 5.98. The monoisotopic (exact) mass is 338 g/mol. The molecule has 4 rings (SSSR count). The predicted octanol–water partition coefficient (Wildman–Crippen LogP) is 2.85. The Balaban J connectivity index is 1.64. The molecule has 130 valence electrons. The summed E-state index contributed by atoms with van der Waals surface area (Å²) in [6.07, 6.45) is 3.59. The van der Waals surface area contributed by atoms with Gasteiger partial charge in [0, 0.05) is 17.8 Å². The molecule has 0 spiro atoms. The van der Waals surface area contributed by atoms with Crippen molar-refractivity contribution in [3.8, 4) is 0 Å². The number of hydrogen-bond acceptors (Lipinski definition) is 4. The van der Waals surface area contributed by atoms with Gasteiger partial charge in [0.2, 0.25) is 0 Å². The van der Waals surface area contributed by atoms with Gasteiger partial charge in [0.15, 0.2) is 5.82 Å². The third kappa shape index (κ3) is 2.79. The molecular weight excluding hydrogens is 316 g/mol. The Labute approximate surface area is 145 Å². The first kappa shape index (κ1) is 15.8. The Bertz CT molecular complexity index is 938. The molecule has 1 aromatic carbocycles. The van der Waals surface area contributed by atoms with Crippen LogP contribution >= 0.6 is 0 Å². The van der Waals surface area contributed by atoms with Crippen molar-refractivity contribution in [1.82, 2.24) is 30.3 Å². The van der Waals surface area contributed by atoms with E-state index in [4.69, 9.17) is 0 Å². The van der Waals surface area contributed by atoms with Crippen LogP contribution in [0.1, 0.15) is 66.2 Å². The van der Waals surface area contributed by atoms with E-state index in [-0.39, 0.29) is 17.9 Å². The number of rotatable bonds is 3. The number of hydrogen-bond donors (Lipinski definition) is 2. The molecule has 25 heavy (non-hydrogen) atoms. The van der Waals surface area contributed by atoms with Gasteiger partial charge in [-0.2, -0.15) is 10.2 Å². The van der Waals surface area contributed by atoms with E-state index in [0.29, 0.717) is 5.56 Å². The normalized spacial score (nSPS) is 17.0. The van der Waals surface area contributed by atoms with Gasteiger partial charge >= 0.3 is 0 Å². The number of H-pyrrole nitrogens is 1. The van der Waals surface area contributed by atoms with Crippen molar-refractivity contribution in [2.24, 2.45) is 0 Å². The maximum absolute atomic E-state index is 12.9. The summed E-state index contributed by atoms with van der Waals surface area (Å²) in [5.41, 5.74) is 2.42. The first-order valence-electron chi connectivity index (χ1n) is 8.72. The van der Waals surface area contributed by atoms with Gasteiger partial charge < -0.3 is 5.32 Å². The molecule has 2 aromatic heterocycles. The van der Waals surface area contributed by atoms with Gasteiger partial charge in [-0.15, -0.1) is 0 Å². The number of carbonyl (C=O) groups excluding carboxylic acids is 1. The van der Waals surface area contributed by atoms with Crippen LogP contribution in [-0.4, -0.2) is 30.9 Å². The molecule has 1 unspecified atom stereocenters. The highest BCUT2D eigenvalue weighted by molar-refractivity contribution is 6.05. The number of nitrogens with zero attached hydrogens (tertiary/aromatic N) is 4. The zero-order chi connectivity index (χ0) is 17.6. The molecule has 0 saturated heterocycles. The van der Waals surface area contributed by atoms with Gasteiger partial charge in [0.1, 0.15) is 5.82 Å². The van der Waals surface area contributed by atoms with E-state index >= 15 is 0 Å². The first-order valence-corrected chi connectivity index (χ1v) is 8.72. The van der Waals surface area contributed by atoms with Crippen molar-refractivity contribution in [2.75, 3.05) is 0 Å². The van der Waals surface area contributed by atoms with Crippen molar-refractivity contribution in [1.29, 1.82) is 0 Å². The lowest BCUT2D eigenvalue weighted by atomic mass is 10.0. The smallest absolute Gasteiger partial charge is 0.254 e. The average molecular weight is 338 g/mol. The lowest BCUT2D eigenvalue weighted by Crippen LogP contribution is -2.33. The van der Waals surface area contributed by atoms with E-state index in [1.807, 2.05) is 23.7 Å². The minimum Gasteiger partial charge on any atom is -0.342 e. The van der Waals surface area contributed by atoms with Gasteiger partial charge in [-0.3, -0.25) is 9.89 Å². The van der Waals surface area contributed by atoms with Crippen LogP contribution in [0.2, 0.25) is 0 Å². The average Bonchev–Trinajstić information content (AvgIpc) is 3.20. The largest absolute Gasteiger partial charge is 0.342 e. The number of aromatic amines is 1. The Morgan fingerprint density at radius 2 is 2.24 bits per heavy atom. The van der Waals surface area contributed by atoms with Crippen molar-refractivity contribution in [3.63, 3.8) is 0 Å². The summed E-state index contributed by atoms with van der Waals surface area (Å²) >= 11 is 0. The molecule has 0 aliphatic carbocycles. The molecule has 0 radical (unpaired) electrons. The van der Waals surface area contributed by atoms with Gasteiger partial charge in [0.25, 0.3) is 5.91 Å². The molecule has 0 bridgehead atoms. The number of carbonyl (C=O) groups is 1. The van der Waals surface area contributed by atoms with Crippen LogP contribution < -0.4 is 5.32 Å². The SMILES string of the molecule is Cc1cc(C(=O)NC2CCCn3nc(C(C)C)nc32)c2[nH]ncc2c1. The molecule has 3 aromatic rings. The predicted molar refractivity (Wildman–Crippen MR) is 94.4 cm³/mol. The zero-order valence-electron chi connectivity index (χ0n) is 14.7. The van der Waals surface area contributed by atoms with Crippen LogP contribution in [0, 0.1) is 6.92 Å². The summed E-state index contributed by atoms with van der Waals surface area (Å²) in [5, 5.41) is 15.6. The molecular formula is C18H22N6O. The maximum atomic E-state index is 12.9. The molecule has 1 aliphatic rings. The molecule has 1 atom stereocenters. The standard InChI is InChI=1S/C18H22N6O/c1-10(2)16-21-17-14(5-4-6-24(17)23-16)20-18(25)13-8-11(3)7-12-9-19-22-15(12)13/h7-10,14H,4-6H2,1-3H3,(H,19,22)(H,20,25). The highest BCUT2D eigenvalue weighted by Gasteiger charge is 2.27. The number of fused-ring (bicyclic) bond motifs is 2. The second-order valence-corrected chi connectivity index (χ2v) is 7.02. The minimum absolute atomic E-state index is 0.106. The Morgan fingerprint density at radius 3 is 3.04 bits per heavy atom. The Kier molecular flexibility index (Phi) is 3.78. The van der Waals surface area contributed by atoms with E-state index in [9.17, 15) is 4.79 Å². The van der Waals surface area contributed by atoms with E-state index in [1.54, 1.807) is 6.20 Å². The van der Waals surface area contributed by atoms with E-state index in [2.05, 4.69) is 39.4 Å². The van der Waals surface area contributed by atoms with Crippen molar-refractivity contribution in [3.05, 3.63) is 41.1 Å². The summed E-state index contributed by atoms with van der Waals surface area (Å²) in [4.78, 5) is 17.6. The summed E-state index contributed by atoms with van der Waals surface area (Å²) in [5.74, 6) is 1.86. The van der Waals surface area contributed by atoms with E-state index in [1.165, 1.54) is 0 Å². The van der Waals surface area contributed by atoms with Crippen LogP contribution in [0.25, 0.3) is 10.9 Å². The zero-order valence-corrected chi connectivity index (χ0v) is 14.7. The molecule has 0 saturated carbocycles. The summed E-state index contributed by atoms with van der Waals surface area (Å²) in [7, 11) is 0. The molecule has 1 amide bonds. The van der Waals surface area contributed by atoms with Crippen molar-refractivity contribution < 1.29 is 4.79 Å². The second-order valence-electron chi connectivity index (χ2n) is 7.02. The third-order valence-electron chi connectivity index (χ3n) is 4.65. The molecule has 7 nitrogen and oxygen atoms in total. The molecule has 2 N–H and O–H groups in total. The molecule has 7 heteroatoms. The number of nitrogens with one attached hydrogen (secondary N) is 2. The van der Waals surface area contributed by atoms with Gasteiger partial charge in [-0.25, -0.2) is 9.67 Å². The van der Waals surface area contributed by atoms with Crippen molar-refractivity contribution >= 4 is 16.8 Å². The molecule has 0 fully saturated rings. The fourth-order valence-corrected chi connectivity index (χ4v) is 3.37. The van der Waals surface area contributed by atoms with Gasteiger partial charge in [0.05, 0.1) is 23.3 Å². The quantitative estimate of drug-likeness (QED) is 0.768. The number of amides is 1. The summed E-state index contributed by atoms with van der Waals surface area (Å²) < 4.78 is 1.94. The van der Waals surface area contributed by atoms with Crippen LogP contribution in [-0.2, 0) is 6.54 Å². The Morgan fingerprint density at radius 1 is 1.40 bits per heavy atom. The van der Waals surface area contributed by atoms with Crippen LogP contribution in [0.15, 0.2) is 18.3 Å². The molecule has 1 aliphatic heterocycles. The third-order valence-corrected chi connectivity index (χ3v) is 4.65.